The molecule has 0 amide bonds. The third-order valence-electron chi connectivity index (χ3n) is 1.73. The van der Waals surface area contributed by atoms with Crippen LogP contribution in [0, 0.1) is 12.7 Å². The van der Waals surface area contributed by atoms with E-state index >= 15 is 0 Å². The van der Waals surface area contributed by atoms with Gasteiger partial charge in [0, 0.05) is 12.2 Å². The van der Waals surface area contributed by atoms with Gasteiger partial charge in [-0.25, -0.2) is 18.2 Å². The van der Waals surface area contributed by atoms with Crippen LogP contribution in [-0.4, -0.2) is 4.98 Å². The molecule has 1 heterocycles. The molecule has 0 bridgehead atoms. The summed E-state index contributed by atoms with van der Waals surface area (Å²) in [7, 11) is 0. The van der Waals surface area contributed by atoms with Crippen molar-refractivity contribution in [3.8, 4) is 0 Å². The molecule has 0 saturated heterocycles. The van der Waals surface area contributed by atoms with Crippen LogP contribution in [-0.2, 0) is 6.54 Å². The van der Waals surface area contributed by atoms with Gasteiger partial charge in [0.25, 0.3) is 6.43 Å². The van der Waals surface area contributed by atoms with Gasteiger partial charge in [-0.1, -0.05) is 0 Å². The number of hydrogen-bond donors (Lipinski definition) is 1. The number of halogens is 3. The van der Waals surface area contributed by atoms with Crippen molar-refractivity contribution in [2.24, 2.45) is 5.73 Å². The Morgan fingerprint density at radius 1 is 1.54 bits per heavy atom. The predicted molar refractivity (Wildman–Crippen MR) is 41.8 cm³/mol. The lowest BCUT2D eigenvalue weighted by atomic mass is 10.2. The molecule has 0 saturated carbocycles. The molecule has 0 aromatic carbocycles. The number of pyridine rings is 1. The van der Waals surface area contributed by atoms with Crippen LogP contribution in [0.3, 0.4) is 0 Å². The zero-order valence-electron chi connectivity index (χ0n) is 7.02. The number of nitrogens with zero attached hydrogens (tertiary/aromatic N) is 1. The average Bonchev–Trinajstić information content (AvgIpc) is 2.07. The summed E-state index contributed by atoms with van der Waals surface area (Å²) in [6.45, 7) is 1.62. The Bertz CT molecular complexity index is 313. The second-order valence-corrected chi connectivity index (χ2v) is 2.60. The van der Waals surface area contributed by atoms with Gasteiger partial charge in [-0.2, -0.15) is 0 Å². The third-order valence-corrected chi connectivity index (χ3v) is 1.73. The van der Waals surface area contributed by atoms with E-state index in [1.54, 1.807) is 0 Å². The van der Waals surface area contributed by atoms with Crippen molar-refractivity contribution in [1.29, 1.82) is 0 Å². The molecule has 0 aliphatic rings. The molecule has 1 rings (SSSR count). The number of nitrogens with two attached hydrogens (primary N) is 1. The van der Waals surface area contributed by atoms with E-state index in [4.69, 9.17) is 5.73 Å². The lowest BCUT2D eigenvalue weighted by Crippen LogP contribution is -2.06. The summed E-state index contributed by atoms with van der Waals surface area (Å²) in [5, 5.41) is 0. The van der Waals surface area contributed by atoms with Crippen molar-refractivity contribution in [2.45, 2.75) is 19.9 Å². The summed E-state index contributed by atoms with van der Waals surface area (Å²) in [6.07, 6.45) is -2.88. The Labute approximate surface area is 73.6 Å². The molecule has 0 atom stereocenters. The molecule has 0 aliphatic carbocycles. The molecule has 1 aromatic rings. The van der Waals surface area contributed by atoms with Crippen LogP contribution in [0.25, 0.3) is 0 Å². The van der Waals surface area contributed by atoms with Gasteiger partial charge >= 0.3 is 0 Å². The average molecular weight is 190 g/mol. The number of aryl methyl sites for hydroxylation is 1. The van der Waals surface area contributed by atoms with Crippen molar-refractivity contribution < 1.29 is 13.2 Å². The number of alkyl halides is 2. The molecular formula is C8H9F3N2. The van der Waals surface area contributed by atoms with Crippen LogP contribution in [0.2, 0.25) is 0 Å². The highest BCUT2D eigenvalue weighted by Gasteiger charge is 2.16. The van der Waals surface area contributed by atoms with Gasteiger partial charge in [0.1, 0.15) is 5.69 Å². The molecule has 2 nitrogen and oxygen atoms in total. The van der Waals surface area contributed by atoms with E-state index in [1.807, 2.05) is 0 Å². The van der Waals surface area contributed by atoms with Crippen molar-refractivity contribution in [3.63, 3.8) is 0 Å². The third kappa shape index (κ3) is 1.98. The van der Waals surface area contributed by atoms with E-state index in [2.05, 4.69) is 4.98 Å². The van der Waals surface area contributed by atoms with Crippen molar-refractivity contribution >= 4 is 0 Å². The molecule has 0 radical (unpaired) electrons. The Kier molecular flexibility index (Phi) is 2.87. The van der Waals surface area contributed by atoms with Crippen LogP contribution in [0.1, 0.15) is 23.4 Å². The molecule has 0 aliphatic heterocycles. The zero-order valence-corrected chi connectivity index (χ0v) is 7.02. The van der Waals surface area contributed by atoms with Crippen LogP contribution >= 0.6 is 0 Å². The smallest absolute Gasteiger partial charge is 0.283 e. The SMILES string of the molecule is Cc1nc(C(F)F)c(F)cc1CN. The van der Waals surface area contributed by atoms with E-state index in [1.165, 1.54) is 6.92 Å². The Morgan fingerprint density at radius 3 is 2.62 bits per heavy atom. The first kappa shape index (κ1) is 9.98. The van der Waals surface area contributed by atoms with Gasteiger partial charge in [0.2, 0.25) is 0 Å². The highest BCUT2D eigenvalue weighted by molar-refractivity contribution is 5.23. The van der Waals surface area contributed by atoms with Gasteiger partial charge in [-0.05, 0) is 18.6 Å². The Hall–Kier alpha value is -1.10. The summed E-state index contributed by atoms with van der Waals surface area (Å²) < 4.78 is 37.1. The zero-order chi connectivity index (χ0) is 10.0. The minimum Gasteiger partial charge on any atom is -0.326 e. The van der Waals surface area contributed by atoms with E-state index < -0.39 is 17.9 Å². The normalized spacial score (nSPS) is 10.9. The summed E-state index contributed by atoms with van der Waals surface area (Å²) in [5.74, 6) is -0.999. The second-order valence-electron chi connectivity index (χ2n) is 2.60. The fraction of sp³-hybridized carbons (Fsp3) is 0.375. The van der Waals surface area contributed by atoms with Gasteiger partial charge in [-0.15, -0.1) is 0 Å². The lowest BCUT2D eigenvalue weighted by Gasteiger charge is -2.06. The summed E-state index contributed by atoms with van der Waals surface area (Å²) in [6, 6.07) is 1.00. The molecular weight excluding hydrogens is 181 g/mol. The number of hydrogen-bond acceptors (Lipinski definition) is 2. The van der Waals surface area contributed by atoms with Crippen molar-refractivity contribution in [2.75, 3.05) is 0 Å². The quantitative estimate of drug-likeness (QED) is 0.773. The minimum atomic E-state index is -2.88. The fourth-order valence-corrected chi connectivity index (χ4v) is 0.997. The largest absolute Gasteiger partial charge is 0.326 e. The van der Waals surface area contributed by atoms with Crippen molar-refractivity contribution in [1.82, 2.24) is 4.98 Å². The molecule has 72 valence electrons. The van der Waals surface area contributed by atoms with Crippen LogP contribution in [0.4, 0.5) is 13.2 Å². The molecule has 1 aromatic heterocycles. The molecule has 0 unspecified atom stereocenters. The van der Waals surface area contributed by atoms with E-state index in [0.717, 1.165) is 6.07 Å². The summed E-state index contributed by atoms with van der Waals surface area (Å²) in [4.78, 5) is 3.44. The summed E-state index contributed by atoms with van der Waals surface area (Å²) in [5.41, 5.74) is 5.23. The number of rotatable bonds is 2. The molecule has 5 heteroatoms. The number of aromatic nitrogens is 1. The fourth-order valence-electron chi connectivity index (χ4n) is 0.997. The second kappa shape index (κ2) is 3.74. The molecule has 2 N–H and O–H groups in total. The first-order valence-electron chi connectivity index (χ1n) is 3.70. The first-order valence-corrected chi connectivity index (χ1v) is 3.70. The molecule has 0 spiro atoms. The van der Waals surface area contributed by atoms with Gasteiger partial charge in [0.15, 0.2) is 5.82 Å². The molecule has 0 fully saturated rings. The first-order chi connectivity index (χ1) is 6.06. The predicted octanol–water partition coefficient (Wildman–Crippen LogP) is 1.93. The van der Waals surface area contributed by atoms with Gasteiger partial charge < -0.3 is 5.73 Å². The standard InChI is InChI=1S/C8H9F3N2/c1-4-5(3-12)2-6(9)7(13-4)8(10)11/h2,8H,3,12H2,1H3. The van der Waals surface area contributed by atoms with Crippen LogP contribution < -0.4 is 5.73 Å². The maximum absolute atomic E-state index is 12.9. The van der Waals surface area contributed by atoms with Crippen LogP contribution in [0.15, 0.2) is 6.07 Å². The van der Waals surface area contributed by atoms with Gasteiger partial charge in [0.05, 0.1) is 0 Å². The van der Waals surface area contributed by atoms with Gasteiger partial charge in [-0.3, -0.25) is 0 Å². The van der Waals surface area contributed by atoms with E-state index in [0.29, 0.717) is 11.3 Å². The highest BCUT2D eigenvalue weighted by atomic mass is 19.3. The van der Waals surface area contributed by atoms with Crippen molar-refractivity contribution in [3.05, 3.63) is 28.8 Å². The Morgan fingerprint density at radius 2 is 2.15 bits per heavy atom. The maximum atomic E-state index is 12.9. The van der Waals surface area contributed by atoms with Crippen LogP contribution in [0.5, 0.6) is 0 Å². The van der Waals surface area contributed by atoms with E-state index in [9.17, 15) is 13.2 Å². The maximum Gasteiger partial charge on any atom is 0.283 e. The minimum absolute atomic E-state index is 0.0965. The molecule has 13 heavy (non-hydrogen) atoms. The Balaban J connectivity index is 3.20. The summed E-state index contributed by atoms with van der Waals surface area (Å²) >= 11 is 0. The monoisotopic (exact) mass is 190 g/mol. The topological polar surface area (TPSA) is 38.9 Å². The highest BCUT2D eigenvalue weighted by Crippen LogP contribution is 2.21. The van der Waals surface area contributed by atoms with E-state index in [-0.39, 0.29) is 6.54 Å². The lowest BCUT2D eigenvalue weighted by molar-refractivity contribution is 0.140.